The predicted octanol–water partition coefficient (Wildman–Crippen LogP) is 7.62. The van der Waals surface area contributed by atoms with E-state index < -0.39 is 0 Å². The van der Waals surface area contributed by atoms with Crippen molar-refractivity contribution in [3.05, 3.63) is 99.3 Å². The first-order valence-corrected chi connectivity index (χ1v) is 13.0. The number of hydrogen-bond donors (Lipinski definition) is 0. The molecule has 0 aliphatic carbocycles. The Hall–Kier alpha value is -0.732. The Morgan fingerprint density at radius 2 is 1.16 bits per heavy atom. The summed E-state index contributed by atoms with van der Waals surface area (Å²) < 4.78 is 7.78. The molecular weight excluding hydrogens is 815 g/mol. The van der Waals surface area contributed by atoms with E-state index >= 15 is 0 Å². The second-order valence-electron chi connectivity index (χ2n) is 6.88. The van der Waals surface area contributed by atoms with Crippen LogP contribution in [0, 0.1) is 3.80 Å². The zero-order valence-electron chi connectivity index (χ0n) is 17.1. The fourth-order valence-electron chi connectivity index (χ4n) is 3.29. The maximum atomic E-state index is 5.73. The number of nitrogens with zero attached hydrogens (tertiary/aromatic N) is 3. The average Bonchev–Trinajstić information content (AvgIpc) is 3.01. The van der Waals surface area contributed by atoms with Crippen LogP contribution in [-0.4, -0.2) is 10.5 Å². The summed E-state index contributed by atoms with van der Waals surface area (Å²) in [5.41, 5.74) is 6.27. The molecule has 3 nitrogen and oxygen atoms in total. The van der Waals surface area contributed by atoms with Crippen LogP contribution < -0.4 is 0 Å². The van der Waals surface area contributed by atoms with E-state index in [1.54, 1.807) is 0 Å². The molecule has 0 N–H and O–H groups in total. The van der Waals surface area contributed by atoms with Crippen LogP contribution in [0.2, 0.25) is 5.02 Å². The van der Waals surface area contributed by atoms with Crippen molar-refractivity contribution in [2.45, 2.75) is 6.54 Å². The molecule has 164 valence electrons. The summed E-state index contributed by atoms with van der Waals surface area (Å²) in [4.78, 5) is 0. The average molecular weight is 837 g/mol. The molecule has 0 aliphatic rings. The van der Waals surface area contributed by atoms with E-state index in [1.807, 2.05) is 24.3 Å². The van der Waals surface area contributed by atoms with Gasteiger partial charge in [0, 0.05) is 57.3 Å². The van der Waals surface area contributed by atoms with Gasteiger partial charge in [0.1, 0.15) is 0 Å². The van der Waals surface area contributed by atoms with Gasteiger partial charge >= 0.3 is 130 Å². The van der Waals surface area contributed by atoms with Crippen LogP contribution >= 0.6 is 57.3 Å². The van der Waals surface area contributed by atoms with Gasteiger partial charge in [-0.1, -0.05) is 23.7 Å². The molecule has 3 aromatic carbocycles. The molecule has 4 rings (SSSR count). The number of hydrogen-bond acceptors (Lipinski definition) is 1. The fraction of sp³-hybridized carbons (Fsp3) is 0.125. The molecule has 0 unspecified atom stereocenters. The van der Waals surface area contributed by atoms with Gasteiger partial charge in [-0.15, -0.1) is 0 Å². The van der Waals surface area contributed by atoms with Gasteiger partial charge in [0.25, 0.3) is 0 Å². The predicted molar refractivity (Wildman–Crippen MR) is 144 cm³/mol. The van der Waals surface area contributed by atoms with E-state index in [-0.39, 0.29) is 0 Å². The Morgan fingerprint density at radius 3 is 1.55 bits per heavy atom. The number of halogens is 3. The molecule has 31 heavy (non-hydrogen) atoms. The monoisotopic (exact) mass is 836 g/mol. The van der Waals surface area contributed by atoms with Crippen molar-refractivity contribution in [1.82, 2.24) is 10.5 Å². The van der Waals surface area contributed by atoms with Crippen molar-refractivity contribution >= 4 is 57.3 Å². The quantitative estimate of drug-likeness (QED) is 0.153. The van der Waals surface area contributed by atoms with Crippen molar-refractivity contribution in [3.63, 3.8) is 0 Å². The van der Waals surface area contributed by atoms with Crippen LogP contribution in [0.3, 0.4) is 0 Å². The van der Waals surface area contributed by atoms with Gasteiger partial charge in [0.15, 0.2) is 0 Å². The SMILES string of the molecule is Clc1ccc(CN(I)I)cc1.Cn1c(-c2ccccc2)c(-c2ccccc2)n(C)[c]1=[Pt]. The number of benzene rings is 3. The number of aromatic nitrogens is 2. The Bertz CT molecular complexity index is 1110. The Balaban J connectivity index is 0.000000210. The molecule has 0 saturated carbocycles. The normalized spacial score (nSPS) is 10.7. The molecule has 0 atom stereocenters. The number of imidazole rings is 1. The fourth-order valence-corrected chi connectivity index (χ4v) is 4.72. The zero-order valence-corrected chi connectivity index (χ0v) is 24.4. The van der Waals surface area contributed by atoms with Crippen molar-refractivity contribution in [2.75, 3.05) is 0 Å². The van der Waals surface area contributed by atoms with E-state index in [0.29, 0.717) is 0 Å². The molecule has 0 saturated heterocycles. The van der Waals surface area contributed by atoms with E-state index in [2.05, 4.69) is 150 Å². The summed E-state index contributed by atoms with van der Waals surface area (Å²) >= 11 is 12.6. The molecule has 0 spiro atoms. The van der Waals surface area contributed by atoms with Crippen LogP contribution in [-0.2, 0) is 40.0 Å². The van der Waals surface area contributed by atoms with Crippen LogP contribution in [0.5, 0.6) is 0 Å². The first-order valence-electron chi connectivity index (χ1n) is 9.54. The molecule has 0 radical (unpaired) electrons. The van der Waals surface area contributed by atoms with Crippen molar-refractivity contribution in [3.8, 4) is 22.5 Å². The molecule has 4 aromatic rings. The van der Waals surface area contributed by atoms with Crippen molar-refractivity contribution in [2.24, 2.45) is 14.1 Å². The van der Waals surface area contributed by atoms with Gasteiger partial charge in [-0.05, 0) is 17.7 Å². The van der Waals surface area contributed by atoms with E-state index in [1.165, 1.54) is 31.9 Å². The van der Waals surface area contributed by atoms with Crippen LogP contribution in [0.1, 0.15) is 5.56 Å². The summed E-state index contributed by atoms with van der Waals surface area (Å²) in [5.74, 6) is 0. The second-order valence-corrected chi connectivity index (χ2v) is 12.5. The van der Waals surface area contributed by atoms with Crippen molar-refractivity contribution in [1.29, 1.82) is 0 Å². The Morgan fingerprint density at radius 1 is 0.742 bits per heavy atom. The molecule has 0 fully saturated rings. The summed E-state index contributed by atoms with van der Waals surface area (Å²) in [6.45, 7) is 0.943. The minimum absolute atomic E-state index is 0.794. The molecular formula is C24H22ClI2N3Pt. The van der Waals surface area contributed by atoms with Crippen LogP contribution in [0.15, 0.2) is 84.9 Å². The third-order valence-corrected chi connectivity index (χ3v) is 7.18. The zero-order chi connectivity index (χ0) is 22.4. The first kappa shape index (κ1) is 24.9. The first-order chi connectivity index (χ1) is 14.9. The van der Waals surface area contributed by atoms with Gasteiger partial charge < -0.3 is 0 Å². The number of rotatable bonds is 4. The van der Waals surface area contributed by atoms with E-state index in [4.69, 9.17) is 11.6 Å². The summed E-state index contributed by atoms with van der Waals surface area (Å²) in [6.07, 6.45) is 0. The topological polar surface area (TPSA) is 13.1 Å². The third kappa shape index (κ3) is 6.64. The van der Waals surface area contributed by atoms with Gasteiger partial charge in [0.2, 0.25) is 0 Å². The van der Waals surface area contributed by atoms with Crippen LogP contribution in [0.25, 0.3) is 22.5 Å². The standard InChI is InChI=1S/C17H16N2.C7H6ClI2N.Pt/c1-18-13-19(2)17(15-11-7-4-8-12-15)16(18)14-9-5-3-6-10-14;8-7-3-1-6(2-4-7)5-11(9)10;/h3-12H,1-2H3;1-4H,5H2;. The maximum absolute atomic E-state index is 5.73. The van der Waals surface area contributed by atoms with Gasteiger partial charge in [0.05, 0.1) is 0 Å². The molecule has 1 aromatic heterocycles. The molecule has 7 heteroatoms. The van der Waals surface area contributed by atoms with Crippen molar-refractivity contribution < 1.29 is 19.4 Å². The van der Waals surface area contributed by atoms with Gasteiger partial charge in [-0.3, -0.25) is 0 Å². The molecule has 1 heterocycles. The Kier molecular flexibility index (Phi) is 9.59. The molecule has 0 aliphatic heterocycles. The second kappa shape index (κ2) is 11.9. The van der Waals surface area contributed by atoms with Gasteiger partial charge in [-0.25, -0.2) is 0 Å². The molecule has 0 amide bonds. The third-order valence-electron chi connectivity index (χ3n) is 4.72. The summed E-state index contributed by atoms with van der Waals surface area (Å²) in [5, 5.41) is 0.794. The summed E-state index contributed by atoms with van der Waals surface area (Å²) in [7, 11) is 4.24. The Labute approximate surface area is 227 Å². The van der Waals surface area contributed by atoms with Gasteiger partial charge in [-0.2, -0.15) is 1.33 Å². The minimum atomic E-state index is 0.794. The summed E-state index contributed by atoms with van der Waals surface area (Å²) in [6, 6.07) is 29.0. The molecule has 0 bridgehead atoms. The van der Waals surface area contributed by atoms with E-state index in [0.717, 1.165) is 11.6 Å². The van der Waals surface area contributed by atoms with E-state index in [9.17, 15) is 0 Å². The van der Waals surface area contributed by atoms with Crippen LogP contribution in [0.4, 0.5) is 0 Å².